The Hall–Kier alpha value is -3.30. The van der Waals surface area contributed by atoms with E-state index in [0.717, 1.165) is 5.56 Å². The van der Waals surface area contributed by atoms with Crippen molar-refractivity contribution in [3.8, 4) is 5.75 Å². The van der Waals surface area contributed by atoms with E-state index in [0.29, 0.717) is 29.3 Å². The number of hydrogen-bond acceptors (Lipinski definition) is 8. The summed E-state index contributed by atoms with van der Waals surface area (Å²) in [7, 11) is 1.74. The van der Waals surface area contributed by atoms with Crippen LogP contribution >= 0.6 is 11.6 Å². The largest absolute Gasteiger partial charge is 0.511 e. The monoisotopic (exact) mass is 520 g/mol. The van der Waals surface area contributed by atoms with E-state index < -0.39 is 24.0 Å². The summed E-state index contributed by atoms with van der Waals surface area (Å²) in [4.78, 5) is 36.4. The first-order valence-electron chi connectivity index (χ1n) is 11.5. The minimum atomic E-state index is -1.34. The molecule has 36 heavy (non-hydrogen) atoms. The topological polar surface area (TPSA) is 112 Å². The van der Waals surface area contributed by atoms with Crippen LogP contribution in [-0.2, 0) is 25.4 Å². The molecule has 10 heteroatoms. The number of nitrogens with one attached hydrogen (secondary N) is 2. The fourth-order valence-electron chi connectivity index (χ4n) is 2.85. The lowest BCUT2D eigenvalue weighted by atomic mass is 10.1. The van der Waals surface area contributed by atoms with Gasteiger partial charge in [0, 0.05) is 30.1 Å². The van der Waals surface area contributed by atoms with Crippen LogP contribution in [0.25, 0.3) is 0 Å². The lowest BCUT2D eigenvalue weighted by Crippen LogP contribution is -2.42. The Morgan fingerprint density at radius 1 is 0.972 bits per heavy atom. The van der Waals surface area contributed by atoms with E-state index in [2.05, 4.69) is 10.6 Å². The molecule has 2 unspecified atom stereocenters. The molecule has 0 aromatic heterocycles. The number of likely N-dealkylation sites (N-methyl/N-ethyl adjacent to an activating group) is 1. The molecule has 2 atom stereocenters. The van der Waals surface area contributed by atoms with Gasteiger partial charge < -0.3 is 29.6 Å². The lowest BCUT2D eigenvalue weighted by molar-refractivity contribution is -0.183. The second kappa shape index (κ2) is 13.7. The van der Waals surface area contributed by atoms with Crippen LogP contribution in [0.15, 0.2) is 48.5 Å². The van der Waals surface area contributed by atoms with Crippen molar-refractivity contribution in [1.82, 2.24) is 10.6 Å². The van der Waals surface area contributed by atoms with Crippen molar-refractivity contribution in [2.75, 3.05) is 20.2 Å². The number of carbonyl (C=O) groups is 3. The summed E-state index contributed by atoms with van der Waals surface area (Å²) >= 11 is 5.84. The molecule has 0 aliphatic rings. The fourth-order valence-corrected chi connectivity index (χ4v) is 2.97. The van der Waals surface area contributed by atoms with Gasteiger partial charge in [0.15, 0.2) is 5.60 Å². The Morgan fingerprint density at radius 2 is 1.61 bits per heavy atom. The van der Waals surface area contributed by atoms with Gasteiger partial charge in [0.1, 0.15) is 12.4 Å². The van der Waals surface area contributed by atoms with Crippen molar-refractivity contribution in [1.29, 1.82) is 0 Å². The molecule has 2 N–H and O–H groups in total. The molecule has 0 bridgehead atoms. The minimum absolute atomic E-state index is 0.0396. The Balaban J connectivity index is 1.78. The minimum Gasteiger partial charge on any atom is -0.476 e. The number of rotatable bonds is 12. The van der Waals surface area contributed by atoms with Crippen molar-refractivity contribution in [3.05, 3.63) is 64.7 Å². The molecule has 2 aromatic carbocycles. The van der Waals surface area contributed by atoms with Gasteiger partial charge >= 0.3 is 12.1 Å². The molecule has 2 rings (SSSR count). The smallest absolute Gasteiger partial charge is 0.476 e. The quantitative estimate of drug-likeness (QED) is 0.317. The number of hydrogen-bond donors (Lipinski definition) is 2. The van der Waals surface area contributed by atoms with Gasteiger partial charge in [0.25, 0.3) is 5.91 Å². The van der Waals surface area contributed by atoms with Crippen molar-refractivity contribution < 1.29 is 33.3 Å². The standard InChI is InChI=1S/C26H33ClN2O7/c1-17(28-5)16-33-25(32)35-18(2)34-24(31)26(3,4)36-22-12-6-19(7-13-22)14-15-29-23(30)20-8-10-21(27)11-9-20/h6-13,17-18,28H,14-16H2,1-5H3,(H,29,30). The Morgan fingerprint density at radius 3 is 2.22 bits per heavy atom. The Kier molecular flexibility index (Phi) is 11.0. The third-order valence-electron chi connectivity index (χ3n) is 5.07. The van der Waals surface area contributed by atoms with E-state index in [1.807, 2.05) is 19.1 Å². The molecule has 0 saturated heterocycles. The highest BCUT2D eigenvalue weighted by atomic mass is 35.5. The number of halogens is 1. The molecule has 2 aromatic rings. The maximum Gasteiger partial charge on any atom is 0.511 e. The van der Waals surface area contributed by atoms with E-state index in [-0.39, 0.29) is 18.6 Å². The lowest BCUT2D eigenvalue weighted by Gasteiger charge is -2.26. The maximum atomic E-state index is 12.5. The highest BCUT2D eigenvalue weighted by molar-refractivity contribution is 6.30. The van der Waals surface area contributed by atoms with E-state index in [9.17, 15) is 14.4 Å². The molecule has 9 nitrogen and oxygen atoms in total. The normalized spacial score (nSPS) is 12.7. The second-order valence-corrected chi connectivity index (χ2v) is 9.05. The molecular weight excluding hydrogens is 488 g/mol. The van der Waals surface area contributed by atoms with Crippen LogP contribution in [0.3, 0.4) is 0 Å². The molecular formula is C26H33ClN2O7. The van der Waals surface area contributed by atoms with Crippen LogP contribution in [0, 0.1) is 0 Å². The van der Waals surface area contributed by atoms with Gasteiger partial charge in [-0.15, -0.1) is 0 Å². The third-order valence-corrected chi connectivity index (χ3v) is 5.32. The average Bonchev–Trinajstić information content (AvgIpc) is 2.83. The first-order valence-corrected chi connectivity index (χ1v) is 11.9. The summed E-state index contributed by atoms with van der Waals surface area (Å²) in [5.41, 5.74) is 0.181. The van der Waals surface area contributed by atoms with Gasteiger partial charge in [-0.2, -0.15) is 0 Å². The van der Waals surface area contributed by atoms with E-state index in [1.54, 1.807) is 57.3 Å². The fraction of sp³-hybridized carbons (Fsp3) is 0.423. The number of carbonyl (C=O) groups excluding carboxylic acids is 3. The first kappa shape index (κ1) is 28.9. The molecule has 0 heterocycles. The summed E-state index contributed by atoms with van der Waals surface area (Å²) in [6.07, 6.45) is -1.47. The highest BCUT2D eigenvalue weighted by Crippen LogP contribution is 2.21. The molecule has 196 valence electrons. The zero-order chi connectivity index (χ0) is 26.7. The van der Waals surface area contributed by atoms with Gasteiger partial charge in [-0.1, -0.05) is 23.7 Å². The predicted octanol–water partition coefficient (Wildman–Crippen LogP) is 4.12. The van der Waals surface area contributed by atoms with E-state index in [4.69, 9.17) is 30.5 Å². The maximum absolute atomic E-state index is 12.5. The van der Waals surface area contributed by atoms with Gasteiger partial charge in [-0.25, -0.2) is 9.59 Å². The van der Waals surface area contributed by atoms with Gasteiger partial charge in [-0.05, 0) is 76.2 Å². The first-order chi connectivity index (χ1) is 17.0. The van der Waals surface area contributed by atoms with Gasteiger partial charge in [-0.3, -0.25) is 4.79 Å². The van der Waals surface area contributed by atoms with Gasteiger partial charge in [0.05, 0.1) is 0 Å². The second-order valence-electron chi connectivity index (χ2n) is 8.61. The summed E-state index contributed by atoms with van der Waals surface area (Å²) in [5, 5.41) is 6.35. The number of ether oxygens (including phenoxy) is 4. The van der Waals surface area contributed by atoms with Crippen molar-refractivity contribution in [2.45, 2.75) is 52.0 Å². The summed E-state index contributed by atoms with van der Waals surface area (Å²) in [6, 6.07) is 13.8. The van der Waals surface area contributed by atoms with E-state index in [1.165, 1.54) is 6.92 Å². The van der Waals surface area contributed by atoms with Gasteiger partial charge in [0.2, 0.25) is 6.29 Å². The molecule has 0 aliphatic heterocycles. The van der Waals surface area contributed by atoms with Crippen LogP contribution in [0.5, 0.6) is 5.75 Å². The zero-order valence-corrected chi connectivity index (χ0v) is 21.9. The molecule has 0 radical (unpaired) electrons. The Labute approximate surface area is 216 Å². The van der Waals surface area contributed by atoms with Crippen molar-refractivity contribution in [2.24, 2.45) is 0 Å². The van der Waals surface area contributed by atoms with Crippen molar-refractivity contribution >= 4 is 29.6 Å². The molecule has 0 fully saturated rings. The number of amides is 1. The predicted molar refractivity (Wildman–Crippen MR) is 135 cm³/mol. The highest BCUT2D eigenvalue weighted by Gasteiger charge is 2.34. The average molecular weight is 521 g/mol. The summed E-state index contributed by atoms with van der Waals surface area (Å²) in [6.45, 7) is 6.93. The van der Waals surface area contributed by atoms with Crippen LogP contribution in [-0.4, -0.2) is 56.2 Å². The van der Waals surface area contributed by atoms with Crippen LogP contribution < -0.4 is 15.4 Å². The van der Waals surface area contributed by atoms with Crippen molar-refractivity contribution in [3.63, 3.8) is 0 Å². The van der Waals surface area contributed by atoms with E-state index >= 15 is 0 Å². The molecule has 0 aliphatic carbocycles. The molecule has 0 saturated carbocycles. The Bertz CT molecular complexity index is 1010. The molecule has 0 spiro atoms. The third kappa shape index (κ3) is 9.75. The SMILES string of the molecule is CNC(C)COC(=O)OC(C)OC(=O)C(C)(C)Oc1ccc(CCNC(=O)c2ccc(Cl)cc2)cc1. The van der Waals surface area contributed by atoms with Crippen LogP contribution in [0.1, 0.15) is 43.6 Å². The van der Waals surface area contributed by atoms with Crippen LogP contribution in [0.4, 0.5) is 4.79 Å². The summed E-state index contributed by atoms with van der Waals surface area (Å²) in [5.74, 6) is -0.425. The zero-order valence-electron chi connectivity index (χ0n) is 21.1. The number of benzene rings is 2. The van der Waals surface area contributed by atoms with Crippen LogP contribution in [0.2, 0.25) is 5.02 Å². The number of esters is 1. The molecule has 1 amide bonds. The summed E-state index contributed by atoms with van der Waals surface area (Å²) < 4.78 is 20.9.